The summed E-state index contributed by atoms with van der Waals surface area (Å²) < 4.78 is 4.87. The number of carbonyl (C=O) groups excluding carboxylic acids is 5. The molecule has 3 heterocycles. The molecule has 0 spiro atoms. The van der Waals surface area contributed by atoms with Crippen molar-refractivity contribution in [3.63, 3.8) is 0 Å². The average Bonchev–Trinajstić information content (AvgIpc) is 4.03. The summed E-state index contributed by atoms with van der Waals surface area (Å²) in [6, 6.07) is 31.8. The summed E-state index contributed by atoms with van der Waals surface area (Å²) in [6.45, 7) is 0.826. The number of carbonyl (C=O) groups is 6. The van der Waals surface area contributed by atoms with Crippen molar-refractivity contribution in [3.05, 3.63) is 126 Å². The van der Waals surface area contributed by atoms with Crippen molar-refractivity contribution < 1.29 is 38.6 Å². The first-order valence-corrected chi connectivity index (χ1v) is 19.6. The number of likely N-dealkylation sites (tertiary alicyclic amines) is 2. The molecule has 7 rings (SSSR count). The predicted molar refractivity (Wildman–Crippen MR) is 225 cm³/mol. The lowest BCUT2D eigenvalue weighted by molar-refractivity contribution is -0.145. The van der Waals surface area contributed by atoms with Gasteiger partial charge in [0, 0.05) is 41.8 Å². The van der Waals surface area contributed by atoms with E-state index in [-0.39, 0.29) is 50.2 Å². The number of ether oxygens (including phenoxy) is 1. The molecule has 0 aliphatic carbocycles. The van der Waals surface area contributed by atoms with Crippen LogP contribution in [0.2, 0.25) is 0 Å². The highest BCUT2D eigenvalue weighted by Gasteiger charge is 2.40. The molecule has 0 unspecified atom stereocenters. The van der Waals surface area contributed by atoms with Gasteiger partial charge in [-0.2, -0.15) is 0 Å². The molecule has 2 saturated heterocycles. The van der Waals surface area contributed by atoms with Crippen molar-refractivity contribution in [1.82, 2.24) is 14.8 Å². The van der Waals surface area contributed by atoms with Crippen LogP contribution in [0, 0.1) is 0 Å². The standard InChI is InChI=1S/C46H46N4O8.CH4/c1-58-43(54)28-36(31-12-6-3-7-13-31)46(57)50-23-9-15-40(50)44(55)47-34-19-17-32(18-20-34)38-26-33-24-29(16-21-37(33)48-38)25-41(51)39-14-8-22-49(39)45(56)35(27-42(52)53)30-10-4-2-5-11-30;/h2-7,10-13,16-21,24,26,35-36,39-40,48H,8-9,14-15,22-23,25,27-28H2,1H3,(H,47,55)(H,52,53);1H4/t35-,36-,39+,40+;/m1./s1. The topological polar surface area (TPSA) is 166 Å². The van der Waals surface area contributed by atoms with Crippen LogP contribution < -0.4 is 5.32 Å². The Morgan fingerprint density at radius 3 is 1.92 bits per heavy atom. The molecule has 2 aliphatic heterocycles. The number of nitrogens with one attached hydrogen (secondary N) is 2. The fourth-order valence-corrected chi connectivity index (χ4v) is 8.28. The molecule has 0 bridgehead atoms. The van der Waals surface area contributed by atoms with E-state index in [0.717, 1.165) is 27.7 Å². The van der Waals surface area contributed by atoms with E-state index in [9.17, 15) is 33.9 Å². The lowest BCUT2D eigenvalue weighted by atomic mass is 9.93. The SMILES string of the molecule is C.COC(=O)C[C@@H](C(=O)N1CCC[C@H]1C(=O)Nc1ccc(-c2cc3cc(CC(=O)[C@@H]4CCCN4C(=O)[C@H](CC(=O)O)c4ccccc4)ccc3[nH]2)cc1)c1ccccc1. The van der Waals surface area contributed by atoms with Gasteiger partial charge in [0.15, 0.2) is 5.78 Å². The lowest BCUT2D eigenvalue weighted by Gasteiger charge is -2.28. The van der Waals surface area contributed by atoms with E-state index in [1.807, 2.05) is 60.7 Å². The van der Waals surface area contributed by atoms with Gasteiger partial charge in [-0.25, -0.2) is 0 Å². The van der Waals surface area contributed by atoms with Gasteiger partial charge in [0.05, 0.1) is 37.8 Å². The Morgan fingerprint density at radius 2 is 1.32 bits per heavy atom. The van der Waals surface area contributed by atoms with Crippen LogP contribution in [0.25, 0.3) is 22.2 Å². The second-order valence-corrected chi connectivity index (χ2v) is 15.0. The van der Waals surface area contributed by atoms with Crippen LogP contribution >= 0.6 is 0 Å². The number of anilines is 1. The molecule has 5 aromatic rings. The molecule has 3 N–H and O–H groups in total. The zero-order chi connectivity index (χ0) is 40.8. The van der Waals surface area contributed by atoms with E-state index < -0.39 is 35.9 Å². The number of Topliss-reactive ketones (excluding diaryl/α,β-unsaturated/α-hetero) is 1. The molecule has 12 nitrogen and oxygen atoms in total. The molecular weight excluding hydrogens is 749 g/mol. The van der Waals surface area contributed by atoms with Crippen LogP contribution in [0.5, 0.6) is 0 Å². The van der Waals surface area contributed by atoms with Gasteiger partial charge in [0.1, 0.15) is 6.04 Å². The number of carboxylic acids is 1. The van der Waals surface area contributed by atoms with Crippen molar-refractivity contribution >= 4 is 52.0 Å². The number of hydrogen-bond donors (Lipinski definition) is 3. The average molecular weight is 799 g/mol. The highest BCUT2D eigenvalue weighted by molar-refractivity contribution is 5.99. The Kier molecular flexibility index (Phi) is 13.4. The van der Waals surface area contributed by atoms with Crippen LogP contribution in [-0.4, -0.2) is 87.6 Å². The summed E-state index contributed by atoms with van der Waals surface area (Å²) in [7, 11) is 1.29. The summed E-state index contributed by atoms with van der Waals surface area (Å²) in [4.78, 5) is 85.2. The first-order chi connectivity index (χ1) is 28.1. The lowest BCUT2D eigenvalue weighted by Crippen LogP contribution is -2.45. The summed E-state index contributed by atoms with van der Waals surface area (Å²) in [5, 5.41) is 13.4. The van der Waals surface area contributed by atoms with Crippen molar-refractivity contribution in [2.75, 3.05) is 25.5 Å². The number of amides is 3. The van der Waals surface area contributed by atoms with Crippen molar-refractivity contribution in [3.8, 4) is 11.3 Å². The fourth-order valence-electron chi connectivity index (χ4n) is 8.28. The zero-order valence-electron chi connectivity index (χ0n) is 32.3. The smallest absolute Gasteiger partial charge is 0.306 e. The third kappa shape index (κ3) is 9.60. The number of nitrogens with zero attached hydrogens (tertiary/aromatic N) is 2. The Morgan fingerprint density at radius 1 is 0.746 bits per heavy atom. The van der Waals surface area contributed by atoms with Crippen LogP contribution in [0.3, 0.4) is 0 Å². The number of fused-ring (bicyclic) bond motifs is 1. The summed E-state index contributed by atoms with van der Waals surface area (Å²) in [6.07, 6.45) is 2.06. The number of hydrogen-bond acceptors (Lipinski definition) is 7. The number of aliphatic carboxylic acids is 1. The monoisotopic (exact) mass is 798 g/mol. The molecular formula is C47H50N4O8. The highest BCUT2D eigenvalue weighted by Crippen LogP contribution is 2.32. The molecule has 2 aliphatic rings. The number of carboxylic acid groups (broad SMARTS) is 1. The van der Waals surface area contributed by atoms with Gasteiger partial charge in [0.25, 0.3) is 0 Å². The van der Waals surface area contributed by atoms with E-state index in [1.165, 1.54) is 7.11 Å². The molecule has 2 fully saturated rings. The zero-order valence-corrected chi connectivity index (χ0v) is 32.3. The maximum atomic E-state index is 13.8. The van der Waals surface area contributed by atoms with Crippen LogP contribution in [-0.2, 0) is 39.9 Å². The number of methoxy groups -OCH3 is 1. The summed E-state index contributed by atoms with van der Waals surface area (Å²) in [5.74, 6) is -4.17. The highest BCUT2D eigenvalue weighted by atomic mass is 16.5. The normalized spacial score (nSPS) is 17.2. The van der Waals surface area contributed by atoms with E-state index in [0.29, 0.717) is 55.6 Å². The van der Waals surface area contributed by atoms with Crippen LogP contribution in [0.4, 0.5) is 5.69 Å². The van der Waals surface area contributed by atoms with Crippen LogP contribution in [0.15, 0.2) is 109 Å². The van der Waals surface area contributed by atoms with Crippen molar-refractivity contribution in [2.24, 2.45) is 0 Å². The Hall–Kier alpha value is -6.56. The minimum absolute atomic E-state index is 0. The maximum absolute atomic E-state index is 13.8. The van der Waals surface area contributed by atoms with Crippen molar-refractivity contribution in [2.45, 2.75) is 76.3 Å². The number of benzene rings is 4. The number of aromatic amines is 1. The van der Waals surface area contributed by atoms with Gasteiger partial charge >= 0.3 is 11.9 Å². The molecule has 4 atom stereocenters. The Bertz CT molecular complexity index is 2310. The molecule has 0 radical (unpaired) electrons. The Balaban J connectivity index is 0.00000585. The van der Waals surface area contributed by atoms with Crippen LogP contribution in [0.1, 0.15) is 74.5 Å². The van der Waals surface area contributed by atoms with Gasteiger partial charge in [0.2, 0.25) is 17.7 Å². The second kappa shape index (κ2) is 18.8. The largest absolute Gasteiger partial charge is 0.481 e. The second-order valence-electron chi connectivity index (χ2n) is 15.0. The molecule has 1 aromatic heterocycles. The van der Waals surface area contributed by atoms with Gasteiger partial charge in [-0.1, -0.05) is 86.3 Å². The third-order valence-electron chi connectivity index (χ3n) is 11.3. The summed E-state index contributed by atoms with van der Waals surface area (Å²) >= 11 is 0. The third-order valence-corrected chi connectivity index (χ3v) is 11.3. The van der Waals surface area contributed by atoms with Gasteiger partial charge in [-0.05, 0) is 78.3 Å². The summed E-state index contributed by atoms with van der Waals surface area (Å²) in [5.41, 5.74) is 5.32. The quantitative estimate of drug-likeness (QED) is 0.100. The molecule has 59 heavy (non-hydrogen) atoms. The van der Waals surface area contributed by atoms with E-state index >= 15 is 0 Å². The number of rotatable bonds is 14. The minimum atomic E-state index is -1.07. The minimum Gasteiger partial charge on any atom is -0.481 e. The van der Waals surface area contributed by atoms with E-state index in [2.05, 4.69) is 10.3 Å². The molecule has 3 amide bonds. The first-order valence-electron chi connectivity index (χ1n) is 19.6. The number of H-pyrrole nitrogens is 1. The van der Waals surface area contributed by atoms with E-state index in [1.54, 1.807) is 58.3 Å². The fraction of sp³-hybridized carbons (Fsp3) is 0.319. The van der Waals surface area contributed by atoms with E-state index in [4.69, 9.17) is 4.74 Å². The molecule has 4 aromatic carbocycles. The van der Waals surface area contributed by atoms with Gasteiger partial charge in [-0.15, -0.1) is 0 Å². The van der Waals surface area contributed by atoms with Crippen molar-refractivity contribution in [1.29, 1.82) is 0 Å². The molecule has 12 heteroatoms. The number of aromatic nitrogens is 1. The number of esters is 1. The maximum Gasteiger partial charge on any atom is 0.306 e. The van der Waals surface area contributed by atoms with Gasteiger partial charge in [-0.3, -0.25) is 28.8 Å². The molecule has 0 saturated carbocycles. The predicted octanol–water partition coefficient (Wildman–Crippen LogP) is 7.11. The first kappa shape index (κ1) is 42.1. The number of ketones is 1. The molecule has 306 valence electrons. The van der Waals surface area contributed by atoms with Gasteiger partial charge < -0.3 is 29.9 Å². The Labute approximate surface area is 343 Å².